The minimum atomic E-state index is -0.319. The van der Waals surface area contributed by atoms with Crippen LogP contribution in [0.4, 0.5) is 5.69 Å². The third kappa shape index (κ3) is 3.05. The van der Waals surface area contributed by atoms with E-state index in [1.165, 1.54) is 31.5 Å². The third-order valence-electron chi connectivity index (χ3n) is 4.11. The van der Waals surface area contributed by atoms with E-state index in [1.54, 1.807) is 0 Å². The first kappa shape index (κ1) is 13.4. The van der Waals surface area contributed by atoms with E-state index in [-0.39, 0.29) is 6.10 Å². The molecule has 1 atom stereocenters. The van der Waals surface area contributed by atoms with Crippen LogP contribution in [0.2, 0.25) is 0 Å². The van der Waals surface area contributed by atoms with Crippen molar-refractivity contribution in [3.63, 3.8) is 0 Å². The van der Waals surface area contributed by atoms with Crippen molar-refractivity contribution in [3.8, 4) is 0 Å². The molecule has 1 fully saturated rings. The van der Waals surface area contributed by atoms with Crippen LogP contribution in [0.3, 0.4) is 0 Å². The maximum atomic E-state index is 9.79. The molecule has 0 aliphatic heterocycles. The van der Waals surface area contributed by atoms with Crippen LogP contribution in [0, 0.1) is 5.92 Å². The zero-order valence-electron chi connectivity index (χ0n) is 11.6. The molecule has 1 saturated carbocycles. The highest BCUT2D eigenvalue weighted by molar-refractivity contribution is 5.48. The smallest absolute Gasteiger partial charge is 0.0787 e. The molecular weight excluding hydrogens is 222 g/mol. The molecule has 2 rings (SSSR count). The van der Waals surface area contributed by atoms with Crippen LogP contribution in [0.25, 0.3) is 0 Å². The number of nitrogens with zero attached hydrogens (tertiary/aromatic N) is 1. The first-order valence-electron chi connectivity index (χ1n) is 7.27. The lowest BCUT2D eigenvalue weighted by atomic mass is 9.85. The van der Waals surface area contributed by atoms with Crippen molar-refractivity contribution in [2.24, 2.45) is 5.92 Å². The van der Waals surface area contributed by atoms with Crippen molar-refractivity contribution in [1.29, 1.82) is 0 Å². The molecule has 2 heteroatoms. The van der Waals surface area contributed by atoms with Gasteiger partial charge in [-0.05, 0) is 49.8 Å². The van der Waals surface area contributed by atoms with Gasteiger partial charge in [-0.25, -0.2) is 0 Å². The summed E-state index contributed by atoms with van der Waals surface area (Å²) < 4.78 is 0. The fourth-order valence-corrected chi connectivity index (χ4v) is 2.55. The molecule has 0 spiro atoms. The lowest BCUT2D eigenvalue weighted by Gasteiger charge is -2.33. The van der Waals surface area contributed by atoms with Gasteiger partial charge in [-0.2, -0.15) is 0 Å². The molecule has 0 unspecified atom stereocenters. The van der Waals surface area contributed by atoms with Gasteiger partial charge in [0.25, 0.3) is 0 Å². The summed E-state index contributed by atoms with van der Waals surface area (Å²) >= 11 is 0. The maximum Gasteiger partial charge on any atom is 0.0787 e. The third-order valence-corrected chi connectivity index (χ3v) is 4.11. The lowest BCUT2D eigenvalue weighted by molar-refractivity contribution is 0.173. The highest BCUT2D eigenvalue weighted by Gasteiger charge is 2.20. The Morgan fingerprint density at radius 3 is 2.33 bits per heavy atom. The number of aliphatic hydroxyl groups excluding tert-OH is 1. The Balaban J connectivity index is 2.01. The Kier molecular flexibility index (Phi) is 4.65. The zero-order chi connectivity index (χ0) is 13.0. The number of hydrogen-bond acceptors (Lipinski definition) is 2. The molecule has 0 aromatic heterocycles. The first-order chi connectivity index (χ1) is 8.74. The molecule has 18 heavy (non-hydrogen) atoms. The fourth-order valence-electron chi connectivity index (χ4n) is 2.55. The monoisotopic (exact) mass is 247 g/mol. The maximum absolute atomic E-state index is 9.79. The molecular formula is C16H25NO. The first-order valence-corrected chi connectivity index (χ1v) is 7.27. The number of aliphatic hydroxyl groups is 1. The molecule has 2 nitrogen and oxygen atoms in total. The average molecular weight is 247 g/mol. The second kappa shape index (κ2) is 6.24. The predicted molar refractivity (Wildman–Crippen MR) is 76.9 cm³/mol. The van der Waals surface area contributed by atoms with Gasteiger partial charge in [-0.15, -0.1) is 0 Å². The van der Waals surface area contributed by atoms with Crippen LogP contribution in [-0.2, 0) is 0 Å². The number of benzene rings is 1. The van der Waals surface area contributed by atoms with Gasteiger partial charge in [-0.3, -0.25) is 0 Å². The van der Waals surface area contributed by atoms with Crippen LogP contribution >= 0.6 is 0 Å². The Morgan fingerprint density at radius 2 is 1.89 bits per heavy atom. The van der Waals surface area contributed by atoms with Crippen molar-refractivity contribution in [1.82, 2.24) is 0 Å². The Labute approximate surface area is 111 Å². The molecule has 0 bridgehead atoms. The SMILES string of the molecule is CC[C@H](O)c1ccc(N(CC)CC2CCC2)cc1. The minimum Gasteiger partial charge on any atom is -0.388 e. The molecule has 1 aliphatic carbocycles. The van der Waals surface area contributed by atoms with E-state index in [0.29, 0.717) is 0 Å². The van der Waals surface area contributed by atoms with Gasteiger partial charge in [0, 0.05) is 18.8 Å². The van der Waals surface area contributed by atoms with Crippen molar-refractivity contribution < 1.29 is 5.11 Å². The second-order valence-electron chi connectivity index (χ2n) is 5.35. The largest absolute Gasteiger partial charge is 0.388 e. The second-order valence-corrected chi connectivity index (χ2v) is 5.35. The number of anilines is 1. The fraction of sp³-hybridized carbons (Fsp3) is 0.625. The number of hydrogen-bond donors (Lipinski definition) is 1. The summed E-state index contributed by atoms with van der Waals surface area (Å²) in [6.45, 7) is 6.47. The van der Waals surface area contributed by atoms with E-state index in [9.17, 15) is 5.11 Å². The Morgan fingerprint density at radius 1 is 1.22 bits per heavy atom. The van der Waals surface area contributed by atoms with Gasteiger partial charge in [0.15, 0.2) is 0 Å². The van der Waals surface area contributed by atoms with Gasteiger partial charge in [0.1, 0.15) is 0 Å². The highest BCUT2D eigenvalue weighted by atomic mass is 16.3. The van der Waals surface area contributed by atoms with Crippen LogP contribution < -0.4 is 4.90 Å². The van der Waals surface area contributed by atoms with Crippen molar-refractivity contribution in [2.75, 3.05) is 18.0 Å². The van der Waals surface area contributed by atoms with Crippen LogP contribution in [0.1, 0.15) is 51.2 Å². The Hall–Kier alpha value is -1.02. The molecule has 0 amide bonds. The van der Waals surface area contributed by atoms with Crippen LogP contribution in [0.5, 0.6) is 0 Å². The van der Waals surface area contributed by atoms with E-state index in [2.05, 4.69) is 36.1 Å². The summed E-state index contributed by atoms with van der Waals surface area (Å²) in [4.78, 5) is 2.45. The molecule has 0 saturated heterocycles. The molecule has 1 aliphatic rings. The molecule has 0 radical (unpaired) electrons. The van der Waals surface area contributed by atoms with E-state index in [1.807, 2.05) is 6.92 Å². The average Bonchev–Trinajstić information content (AvgIpc) is 2.37. The number of rotatable bonds is 6. The highest BCUT2D eigenvalue weighted by Crippen LogP contribution is 2.29. The van der Waals surface area contributed by atoms with Gasteiger partial charge < -0.3 is 10.0 Å². The van der Waals surface area contributed by atoms with E-state index in [0.717, 1.165) is 24.4 Å². The summed E-state index contributed by atoms with van der Waals surface area (Å²) in [7, 11) is 0. The minimum absolute atomic E-state index is 0.319. The molecule has 1 N–H and O–H groups in total. The molecule has 1 aromatic rings. The van der Waals surface area contributed by atoms with Gasteiger partial charge in [0.2, 0.25) is 0 Å². The summed E-state index contributed by atoms with van der Waals surface area (Å²) in [6, 6.07) is 8.42. The molecule has 0 heterocycles. The van der Waals surface area contributed by atoms with E-state index >= 15 is 0 Å². The van der Waals surface area contributed by atoms with Crippen molar-refractivity contribution >= 4 is 5.69 Å². The topological polar surface area (TPSA) is 23.5 Å². The molecule has 1 aromatic carbocycles. The van der Waals surface area contributed by atoms with Gasteiger partial charge in [-0.1, -0.05) is 25.5 Å². The Bertz CT molecular complexity index is 356. The zero-order valence-corrected chi connectivity index (χ0v) is 11.6. The molecule has 100 valence electrons. The van der Waals surface area contributed by atoms with Crippen LogP contribution in [-0.4, -0.2) is 18.2 Å². The van der Waals surface area contributed by atoms with E-state index in [4.69, 9.17) is 0 Å². The van der Waals surface area contributed by atoms with Gasteiger partial charge >= 0.3 is 0 Å². The van der Waals surface area contributed by atoms with Crippen LogP contribution in [0.15, 0.2) is 24.3 Å². The summed E-state index contributed by atoms with van der Waals surface area (Å²) in [5.41, 5.74) is 2.32. The summed E-state index contributed by atoms with van der Waals surface area (Å²) in [5.74, 6) is 0.894. The predicted octanol–water partition coefficient (Wildman–Crippen LogP) is 3.76. The standard InChI is InChI=1S/C16H25NO/c1-3-16(18)14-8-10-15(11-9-14)17(4-2)12-13-6-5-7-13/h8-11,13,16,18H,3-7,12H2,1-2H3/t16-/m0/s1. The normalized spacial score (nSPS) is 17.3. The summed E-state index contributed by atoms with van der Waals surface area (Å²) in [5, 5.41) is 9.79. The van der Waals surface area contributed by atoms with E-state index < -0.39 is 0 Å². The quantitative estimate of drug-likeness (QED) is 0.827. The van der Waals surface area contributed by atoms with Gasteiger partial charge in [0.05, 0.1) is 6.10 Å². The summed E-state index contributed by atoms with van der Waals surface area (Å²) in [6.07, 6.45) is 4.65. The van der Waals surface area contributed by atoms with Crippen molar-refractivity contribution in [2.45, 2.75) is 45.6 Å². The lowest BCUT2D eigenvalue weighted by Crippen LogP contribution is -2.32. The van der Waals surface area contributed by atoms with Crippen molar-refractivity contribution in [3.05, 3.63) is 29.8 Å².